The number of thiazole rings is 1. The van der Waals surface area contributed by atoms with Gasteiger partial charge >= 0.3 is 0 Å². The predicted molar refractivity (Wildman–Crippen MR) is 86.2 cm³/mol. The lowest BCUT2D eigenvalue weighted by Crippen LogP contribution is -2.07. The van der Waals surface area contributed by atoms with Crippen molar-refractivity contribution in [3.05, 3.63) is 53.1 Å². The molecular formula is C15H14ClN3OS. The number of oxazole rings is 1. The number of rotatable bonds is 4. The minimum absolute atomic E-state index is 0.453. The molecule has 0 aliphatic carbocycles. The smallest absolute Gasteiger partial charge is 0.186 e. The van der Waals surface area contributed by atoms with E-state index < -0.39 is 0 Å². The molecule has 2 aromatic heterocycles. The van der Waals surface area contributed by atoms with Crippen LogP contribution in [0.3, 0.4) is 0 Å². The highest BCUT2D eigenvalue weighted by Gasteiger charge is 2.19. The first-order valence-corrected chi connectivity index (χ1v) is 7.65. The third kappa shape index (κ3) is 2.94. The molecule has 108 valence electrons. The summed E-state index contributed by atoms with van der Waals surface area (Å²) in [7, 11) is 3.87. The minimum atomic E-state index is 0.453. The molecule has 4 nitrogen and oxygen atoms in total. The zero-order valence-electron chi connectivity index (χ0n) is 11.7. The molecule has 0 saturated heterocycles. The zero-order valence-corrected chi connectivity index (χ0v) is 13.3. The number of hydrogen-bond acceptors (Lipinski definition) is 5. The van der Waals surface area contributed by atoms with Gasteiger partial charge in [0, 0.05) is 20.5 Å². The van der Waals surface area contributed by atoms with Crippen molar-refractivity contribution in [1.29, 1.82) is 0 Å². The van der Waals surface area contributed by atoms with E-state index >= 15 is 0 Å². The Balaban J connectivity index is 1.95. The Morgan fingerprint density at radius 3 is 2.67 bits per heavy atom. The van der Waals surface area contributed by atoms with Crippen LogP contribution in [0.5, 0.6) is 0 Å². The summed E-state index contributed by atoms with van der Waals surface area (Å²) < 4.78 is 5.55. The molecule has 0 bridgehead atoms. The van der Waals surface area contributed by atoms with Crippen LogP contribution in [0.15, 0.2) is 41.1 Å². The Morgan fingerprint density at radius 1 is 1.24 bits per heavy atom. The third-order valence-electron chi connectivity index (χ3n) is 3.02. The molecular weight excluding hydrogens is 306 g/mol. The van der Waals surface area contributed by atoms with Gasteiger partial charge in [0.05, 0.1) is 5.69 Å². The number of aromatic nitrogens is 2. The summed E-state index contributed by atoms with van der Waals surface area (Å²) in [4.78, 5) is 11.4. The average Bonchev–Trinajstić information content (AvgIpc) is 3.06. The molecule has 6 heteroatoms. The second-order valence-corrected chi connectivity index (χ2v) is 6.14. The quantitative estimate of drug-likeness (QED) is 0.726. The van der Waals surface area contributed by atoms with Crippen molar-refractivity contribution >= 4 is 28.1 Å². The normalized spacial score (nSPS) is 10.8. The SMILES string of the molecule is CN(C)c1nc(Cl)c(-c2ocnc2Cc2ccccc2)s1. The molecule has 0 aliphatic rings. The Bertz CT molecular complexity index is 736. The monoisotopic (exact) mass is 319 g/mol. The molecule has 0 aliphatic heterocycles. The van der Waals surface area contributed by atoms with E-state index in [0.29, 0.717) is 17.3 Å². The summed E-state index contributed by atoms with van der Waals surface area (Å²) in [5, 5.41) is 1.30. The Hall–Kier alpha value is -1.85. The summed E-state index contributed by atoms with van der Waals surface area (Å²) in [5.74, 6) is 0.703. The maximum absolute atomic E-state index is 6.24. The van der Waals surface area contributed by atoms with Crippen molar-refractivity contribution in [3.8, 4) is 10.6 Å². The molecule has 2 heterocycles. The van der Waals surface area contributed by atoms with Gasteiger partial charge in [0.2, 0.25) is 0 Å². The van der Waals surface area contributed by atoms with Gasteiger partial charge in [0.15, 0.2) is 22.4 Å². The van der Waals surface area contributed by atoms with E-state index in [1.807, 2.05) is 37.2 Å². The highest BCUT2D eigenvalue weighted by atomic mass is 35.5. The van der Waals surface area contributed by atoms with Crippen molar-refractivity contribution in [2.45, 2.75) is 6.42 Å². The average molecular weight is 320 g/mol. The fourth-order valence-electron chi connectivity index (χ4n) is 1.99. The lowest BCUT2D eigenvalue weighted by molar-refractivity contribution is 0.572. The Kier molecular flexibility index (Phi) is 3.94. The summed E-state index contributed by atoms with van der Waals surface area (Å²) in [6.07, 6.45) is 2.16. The summed E-state index contributed by atoms with van der Waals surface area (Å²) >= 11 is 7.74. The maximum Gasteiger partial charge on any atom is 0.186 e. The predicted octanol–water partition coefficient (Wildman–Crippen LogP) is 4.11. The molecule has 0 saturated carbocycles. The Morgan fingerprint density at radius 2 is 2.00 bits per heavy atom. The highest BCUT2D eigenvalue weighted by molar-refractivity contribution is 7.19. The van der Waals surface area contributed by atoms with Crippen LogP contribution in [0.4, 0.5) is 5.13 Å². The molecule has 0 radical (unpaired) electrons. The highest BCUT2D eigenvalue weighted by Crippen LogP contribution is 2.39. The van der Waals surface area contributed by atoms with Crippen LogP contribution in [-0.2, 0) is 6.42 Å². The van der Waals surface area contributed by atoms with Gasteiger partial charge in [-0.25, -0.2) is 9.97 Å². The number of anilines is 1. The van der Waals surface area contributed by atoms with Gasteiger partial charge in [-0.15, -0.1) is 0 Å². The van der Waals surface area contributed by atoms with E-state index in [9.17, 15) is 0 Å². The van der Waals surface area contributed by atoms with Crippen molar-refractivity contribution in [2.24, 2.45) is 0 Å². The lowest BCUT2D eigenvalue weighted by atomic mass is 10.1. The standard InChI is InChI=1S/C15H14ClN3OS/c1-19(2)15-18-14(16)13(21-15)12-11(17-9-20-12)8-10-6-4-3-5-7-10/h3-7,9H,8H2,1-2H3. The molecule has 0 amide bonds. The molecule has 3 rings (SSSR count). The first-order valence-electron chi connectivity index (χ1n) is 6.45. The molecule has 21 heavy (non-hydrogen) atoms. The zero-order chi connectivity index (χ0) is 14.8. The van der Waals surface area contributed by atoms with Gasteiger partial charge in [-0.3, -0.25) is 0 Å². The van der Waals surface area contributed by atoms with Crippen molar-refractivity contribution in [2.75, 3.05) is 19.0 Å². The summed E-state index contributed by atoms with van der Waals surface area (Å²) in [6.45, 7) is 0. The van der Waals surface area contributed by atoms with Crippen LogP contribution in [0.2, 0.25) is 5.15 Å². The van der Waals surface area contributed by atoms with Gasteiger partial charge < -0.3 is 9.32 Å². The van der Waals surface area contributed by atoms with E-state index in [1.165, 1.54) is 23.3 Å². The number of halogens is 1. The van der Waals surface area contributed by atoms with Crippen LogP contribution in [0.25, 0.3) is 10.6 Å². The Labute approximate surface area is 132 Å². The van der Waals surface area contributed by atoms with Crippen LogP contribution < -0.4 is 4.90 Å². The number of hydrogen-bond donors (Lipinski definition) is 0. The molecule has 0 atom stereocenters. The third-order valence-corrected chi connectivity index (χ3v) is 4.63. The van der Waals surface area contributed by atoms with Crippen LogP contribution in [0.1, 0.15) is 11.3 Å². The molecule has 1 aromatic carbocycles. The van der Waals surface area contributed by atoms with Gasteiger partial charge in [-0.2, -0.15) is 0 Å². The fourth-order valence-corrected chi connectivity index (χ4v) is 3.21. The molecule has 0 N–H and O–H groups in total. The number of benzene rings is 1. The van der Waals surface area contributed by atoms with E-state index in [2.05, 4.69) is 22.1 Å². The largest absolute Gasteiger partial charge is 0.442 e. The van der Waals surface area contributed by atoms with E-state index in [1.54, 1.807) is 0 Å². The van der Waals surface area contributed by atoms with Crippen molar-refractivity contribution in [3.63, 3.8) is 0 Å². The fraction of sp³-hybridized carbons (Fsp3) is 0.200. The van der Waals surface area contributed by atoms with Gasteiger partial charge in [0.1, 0.15) is 4.88 Å². The first-order chi connectivity index (χ1) is 10.1. The second kappa shape index (κ2) is 5.87. The van der Waals surface area contributed by atoms with E-state index in [4.69, 9.17) is 16.0 Å². The van der Waals surface area contributed by atoms with Crippen molar-refractivity contribution in [1.82, 2.24) is 9.97 Å². The van der Waals surface area contributed by atoms with Gasteiger partial charge in [-0.1, -0.05) is 53.3 Å². The van der Waals surface area contributed by atoms with E-state index in [-0.39, 0.29) is 0 Å². The van der Waals surface area contributed by atoms with E-state index in [0.717, 1.165) is 15.7 Å². The second-order valence-electron chi connectivity index (χ2n) is 4.80. The molecule has 3 aromatic rings. The van der Waals surface area contributed by atoms with Crippen LogP contribution >= 0.6 is 22.9 Å². The molecule has 0 fully saturated rings. The molecule has 0 unspecified atom stereocenters. The van der Waals surface area contributed by atoms with Gasteiger partial charge in [-0.05, 0) is 5.56 Å². The minimum Gasteiger partial charge on any atom is -0.442 e. The van der Waals surface area contributed by atoms with Crippen LogP contribution in [-0.4, -0.2) is 24.1 Å². The first kappa shape index (κ1) is 14.1. The maximum atomic E-state index is 6.24. The van der Waals surface area contributed by atoms with Gasteiger partial charge in [0.25, 0.3) is 0 Å². The molecule has 0 spiro atoms. The van der Waals surface area contributed by atoms with Crippen LogP contribution in [0, 0.1) is 0 Å². The lowest BCUT2D eigenvalue weighted by Gasteiger charge is -2.04. The van der Waals surface area contributed by atoms with Crippen molar-refractivity contribution < 1.29 is 4.42 Å². The number of nitrogens with zero attached hydrogens (tertiary/aromatic N) is 3. The topological polar surface area (TPSA) is 42.2 Å². The summed E-state index contributed by atoms with van der Waals surface area (Å²) in [5.41, 5.74) is 2.05. The summed E-state index contributed by atoms with van der Waals surface area (Å²) in [6, 6.07) is 10.2.